The second-order valence-corrected chi connectivity index (χ2v) is 11.1. The molecule has 0 saturated carbocycles. The molecule has 0 spiro atoms. The Labute approximate surface area is 232 Å². The molecular formula is C29H35N5O6. The molecule has 3 saturated heterocycles. The molecule has 0 aliphatic carbocycles. The Morgan fingerprint density at radius 1 is 1.20 bits per heavy atom. The number of fused-ring (bicyclic) bond motifs is 4. The monoisotopic (exact) mass is 549 g/mol. The van der Waals surface area contributed by atoms with Crippen molar-refractivity contribution in [3.63, 3.8) is 0 Å². The Balaban J connectivity index is 1.22. The van der Waals surface area contributed by atoms with Crippen molar-refractivity contribution in [2.75, 3.05) is 39.2 Å². The van der Waals surface area contributed by atoms with Gasteiger partial charge in [0.1, 0.15) is 6.23 Å². The minimum absolute atomic E-state index is 0.00811. The van der Waals surface area contributed by atoms with E-state index in [0.717, 1.165) is 23.4 Å². The van der Waals surface area contributed by atoms with Gasteiger partial charge in [0, 0.05) is 50.0 Å². The van der Waals surface area contributed by atoms with Gasteiger partial charge < -0.3 is 24.1 Å². The van der Waals surface area contributed by atoms with Crippen LogP contribution in [0.1, 0.15) is 47.2 Å². The van der Waals surface area contributed by atoms with Gasteiger partial charge in [-0.2, -0.15) is 0 Å². The van der Waals surface area contributed by atoms with Crippen molar-refractivity contribution < 1.29 is 23.5 Å². The first-order chi connectivity index (χ1) is 19.2. The largest absolute Gasteiger partial charge is 0.417 e. The number of ether oxygens (including phenoxy) is 2. The first-order valence-corrected chi connectivity index (χ1v) is 13.7. The van der Waals surface area contributed by atoms with E-state index in [-0.39, 0.29) is 30.6 Å². The quantitative estimate of drug-likeness (QED) is 0.388. The van der Waals surface area contributed by atoms with E-state index < -0.39 is 17.8 Å². The smallest absolute Gasteiger partial charge is 0.408 e. The van der Waals surface area contributed by atoms with Crippen LogP contribution < -0.4 is 11.1 Å². The van der Waals surface area contributed by atoms with E-state index >= 15 is 0 Å². The highest BCUT2D eigenvalue weighted by molar-refractivity contribution is 6.00. The van der Waals surface area contributed by atoms with Crippen molar-refractivity contribution in [2.24, 2.45) is 0 Å². The highest BCUT2D eigenvalue weighted by Crippen LogP contribution is 2.49. The Morgan fingerprint density at radius 2 is 2.00 bits per heavy atom. The Kier molecular flexibility index (Phi) is 6.99. The number of anilines is 1. The minimum Gasteiger partial charge on any atom is -0.408 e. The highest BCUT2D eigenvalue weighted by Gasteiger charge is 2.63. The Morgan fingerprint density at radius 3 is 2.80 bits per heavy atom. The van der Waals surface area contributed by atoms with Gasteiger partial charge in [0.15, 0.2) is 11.4 Å². The summed E-state index contributed by atoms with van der Waals surface area (Å²) in [5.41, 5.74) is 4.25. The summed E-state index contributed by atoms with van der Waals surface area (Å²) in [4.78, 5) is 47.3. The lowest BCUT2D eigenvalue weighted by Gasteiger charge is -2.64. The fraction of sp³-hybridized carbons (Fsp3) is 0.483. The fourth-order valence-electron chi connectivity index (χ4n) is 6.01. The van der Waals surface area contributed by atoms with Crippen molar-refractivity contribution in [2.45, 2.75) is 57.3 Å². The molecule has 4 aliphatic rings. The van der Waals surface area contributed by atoms with Crippen LogP contribution in [0.15, 0.2) is 45.6 Å². The molecule has 3 atom stereocenters. The first kappa shape index (κ1) is 26.7. The Bertz CT molecular complexity index is 1490. The summed E-state index contributed by atoms with van der Waals surface area (Å²) in [6, 6.07) is 11.4. The minimum atomic E-state index is -0.934. The summed E-state index contributed by atoms with van der Waals surface area (Å²) in [7, 11) is 3.96. The number of aromatic nitrogens is 1. The zero-order valence-electron chi connectivity index (χ0n) is 23.1. The lowest BCUT2D eigenvalue weighted by Crippen LogP contribution is -2.78. The van der Waals surface area contributed by atoms with Gasteiger partial charge in [0.2, 0.25) is 11.8 Å². The number of ketones is 1. The van der Waals surface area contributed by atoms with Gasteiger partial charge in [-0.25, -0.2) is 9.69 Å². The van der Waals surface area contributed by atoms with Gasteiger partial charge in [-0.3, -0.25) is 19.5 Å². The van der Waals surface area contributed by atoms with Crippen LogP contribution in [0.3, 0.4) is 0 Å². The van der Waals surface area contributed by atoms with Gasteiger partial charge in [-0.05, 0) is 50.3 Å². The van der Waals surface area contributed by atoms with E-state index in [1.165, 1.54) is 0 Å². The van der Waals surface area contributed by atoms with Crippen molar-refractivity contribution in [3.8, 4) is 0 Å². The summed E-state index contributed by atoms with van der Waals surface area (Å²) in [6.07, 6.45) is 0.869. The molecule has 2 aromatic carbocycles. The zero-order valence-corrected chi connectivity index (χ0v) is 23.1. The molecule has 11 heteroatoms. The van der Waals surface area contributed by atoms with E-state index in [2.05, 4.69) is 27.3 Å². The molecule has 2 N–H and O–H groups in total. The summed E-state index contributed by atoms with van der Waals surface area (Å²) in [6.45, 7) is 4.16. The molecule has 2 bridgehead atoms. The number of oxazole rings is 1. The maximum atomic E-state index is 13.9. The van der Waals surface area contributed by atoms with Crippen LogP contribution in [0, 0.1) is 6.92 Å². The molecule has 1 amide bonds. The van der Waals surface area contributed by atoms with Crippen LogP contribution in [-0.2, 0) is 20.8 Å². The van der Waals surface area contributed by atoms with Crippen molar-refractivity contribution in [3.05, 3.63) is 63.6 Å². The number of nitrogens with zero attached hydrogens (tertiary/aromatic N) is 3. The normalized spacial score (nSPS) is 24.1. The van der Waals surface area contributed by atoms with Crippen molar-refractivity contribution in [1.82, 2.24) is 19.7 Å². The molecule has 3 unspecified atom stereocenters. The number of rotatable bonds is 9. The third-order valence-electron chi connectivity index (χ3n) is 8.05. The topological polar surface area (TPSA) is 120 Å². The molecule has 11 nitrogen and oxygen atoms in total. The van der Waals surface area contributed by atoms with Crippen LogP contribution in [0.4, 0.5) is 5.69 Å². The molecule has 212 valence electrons. The molecule has 1 aromatic heterocycles. The molecule has 3 aromatic rings. The number of benzene rings is 2. The number of H-pyrrole nitrogens is 1. The second kappa shape index (κ2) is 10.5. The van der Waals surface area contributed by atoms with Gasteiger partial charge in [0.25, 0.3) is 0 Å². The number of nitrogens with one attached hydrogen (secondary N) is 2. The van der Waals surface area contributed by atoms with E-state index in [4.69, 9.17) is 13.9 Å². The second-order valence-electron chi connectivity index (χ2n) is 11.1. The lowest BCUT2D eigenvalue weighted by atomic mass is 9.90. The maximum absolute atomic E-state index is 13.9. The SMILES string of the molecule is Cc1cc(C(=O)CCC(=O)N2C(OCCN(C)C)CC3CC2(N2CNc4ccccc4C2)O3)cc2oc(=O)[nH]c12. The standard InChI is InChI=1S/C29H35N5O6/c1-18-12-20(13-24-27(18)31-28(37)39-24)23(35)8-9-25(36)34-26(38-11-10-32(2)3)14-21-15-29(34,40-21)33-16-19-6-4-5-7-22(19)30-17-33/h4-7,12-13,21,26,30H,8-11,14-17H2,1-3H3,(H,31,37). The molecule has 7 rings (SSSR count). The number of hydrogen-bond acceptors (Lipinski definition) is 9. The number of carbonyl (C=O) groups is 2. The first-order valence-electron chi connectivity index (χ1n) is 13.7. The number of amides is 1. The number of hydrogen-bond donors (Lipinski definition) is 2. The summed E-state index contributed by atoms with van der Waals surface area (Å²) < 4.78 is 17.9. The van der Waals surface area contributed by atoms with E-state index in [1.807, 2.05) is 31.1 Å². The number of aryl methyl sites for hydroxylation is 1. The number of carbonyl (C=O) groups excluding carboxylic acids is 2. The summed E-state index contributed by atoms with van der Waals surface area (Å²) in [5.74, 6) is -1.89. The van der Waals surface area contributed by atoms with E-state index in [9.17, 15) is 14.4 Å². The predicted molar refractivity (Wildman–Crippen MR) is 148 cm³/mol. The van der Waals surface area contributed by atoms with Crippen LogP contribution in [-0.4, -0.2) is 83.5 Å². The number of para-hydroxylation sites is 1. The highest BCUT2D eigenvalue weighted by atomic mass is 16.6. The van der Waals surface area contributed by atoms with Crippen LogP contribution in [0.25, 0.3) is 11.1 Å². The molecule has 4 aliphatic heterocycles. The third-order valence-corrected chi connectivity index (χ3v) is 8.05. The van der Waals surface area contributed by atoms with Crippen LogP contribution in [0.2, 0.25) is 0 Å². The van der Waals surface area contributed by atoms with Gasteiger partial charge in [-0.15, -0.1) is 0 Å². The van der Waals surface area contributed by atoms with Gasteiger partial charge in [-0.1, -0.05) is 18.2 Å². The number of Topliss-reactive ketones (excluding diaryl/α,β-unsaturated/α-hetero) is 1. The average Bonchev–Trinajstić information content (AvgIpc) is 3.31. The van der Waals surface area contributed by atoms with Crippen molar-refractivity contribution >= 4 is 28.5 Å². The van der Waals surface area contributed by atoms with Crippen molar-refractivity contribution in [1.29, 1.82) is 0 Å². The predicted octanol–water partition coefficient (Wildman–Crippen LogP) is 2.86. The van der Waals surface area contributed by atoms with Crippen LogP contribution in [0.5, 0.6) is 0 Å². The molecule has 3 fully saturated rings. The van der Waals surface area contributed by atoms with E-state index in [1.54, 1.807) is 24.0 Å². The molecule has 0 radical (unpaired) electrons. The summed E-state index contributed by atoms with van der Waals surface area (Å²) >= 11 is 0. The number of aromatic amines is 1. The zero-order chi connectivity index (χ0) is 28.0. The number of piperidine rings is 1. The molecule has 5 heterocycles. The van der Waals surface area contributed by atoms with E-state index in [0.29, 0.717) is 49.3 Å². The average molecular weight is 550 g/mol. The maximum Gasteiger partial charge on any atom is 0.417 e. The van der Waals surface area contributed by atoms with Gasteiger partial charge in [0.05, 0.1) is 24.9 Å². The van der Waals surface area contributed by atoms with Crippen LogP contribution >= 0.6 is 0 Å². The summed E-state index contributed by atoms with van der Waals surface area (Å²) in [5, 5.41) is 3.46. The lowest BCUT2D eigenvalue weighted by molar-refractivity contribution is -0.403. The molecule has 40 heavy (non-hydrogen) atoms. The Hall–Kier alpha value is -3.51. The third kappa shape index (κ3) is 4.83. The van der Waals surface area contributed by atoms with Gasteiger partial charge >= 0.3 is 5.76 Å². The molecular weight excluding hydrogens is 514 g/mol. The number of likely N-dealkylation sites (N-methyl/N-ethyl adjacent to an activating group) is 1. The fourth-order valence-corrected chi connectivity index (χ4v) is 6.01.